The fourth-order valence-corrected chi connectivity index (χ4v) is 6.28. The average Bonchev–Trinajstić information content (AvgIpc) is 3.10. The van der Waals surface area contributed by atoms with Crippen LogP contribution in [0, 0.1) is 6.92 Å². The van der Waals surface area contributed by atoms with Crippen LogP contribution in [0.4, 0.5) is 24.7 Å². The topological polar surface area (TPSA) is 145 Å². The molecule has 1 saturated heterocycles. The summed E-state index contributed by atoms with van der Waals surface area (Å²) in [5.41, 5.74) is 0.703. The molecule has 3 aromatic heterocycles. The summed E-state index contributed by atoms with van der Waals surface area (Å²) in [6.45, 7) is 2.87. The molecule has 6 rings (SSSR count). The minimum absolute atomic E-state index is 0.156. The van der Waals surface area contributed by atoms with Crippen molar-refractivity contribution in [2.45, 2.75) is 38.2 Å². The summed E-state index contributed by atoms with van der Waals surface area (Å²) in [6, 6.07) is 11.0. The van der Waals surface area contributed by atoms with Crippen LogP contribution in [0.25, 0.3) is 33.3 Å². The number of methoxy groups -OCH3 is 1. The van der Waals surface area contributed by atoms with Crippen LogP contribution in [0.5, 0.6) is 5.88 Å². The summed E-state index contributed by atoms with van der Waals surface area (Å²) in [5, 5.41) is 16.6. The number of ether oxygens (including phenoxy) is 2. The standard InChI is InChI=1S/C34H33ClF3N7O5/c1-17-18(7-6-10-21(17)41-30-28-25(13-27(43-30)34(36,37)38)44(2)33(48)45(3)32(28)47)19-8-5-9-20(29(19)35)23-14-40-24(31(42-23)49-4)15-39-22-11-12-50-16-26(22)46/h5-10,13-14,22,26,39,46H,11-12,15-16H2,1-4H3,(H,41,43)/t22-,26+/m0/s1. The number of anilines is 2. The number of nitrogens with one attached hydrogen (secondary N) is 2. The maximum atomic E-state index is 13.9. The highest BCUT2D eigenvalue weighted by Crippen LogP contribution is 2.40. The zero-order valence-corrected chi connectivity index (χ0v) is 28.2. The van der Waals surface area contributed by atoms with Crippen LogP contribution in [0.15, 0.2) is 58.3 Å². The fraction of sp³-hybridized carbons (Fsp3) is 0.324. The lowest BCUT2D eigenvalue weighted by atomic mass is 9.96. The van der Waals surface area contributed by atoms with Crippen LogP contribution < -0.4 is 26.6 Å². The second kappa shape index (κ2) is 13.8. The number of aliphatic hydroxyl groups is 1. The van der Waals surface area contributed by atoms with Crippen molar-refractivity contribution in [2.75, 3.05) is 25.6 Å². The Morgan fingerprint density at radius 3 is 2.52 bits per heavy atom. The van der Waals surface area contributed by atoms with Gasteiger partial charge in [0.1, 0.15) is 22.6 Å². The van der Waals surface area contributed by atoms with Gasteiger partial charge < -0.3 is 25.2 Å². The maximum absolute atomic E-state index is 13.9. The van der Waals surface area contributed by atoms with Crippen molar-refractivity contribution < 1.29 is 27.8 Å². The van der Waals surface area contributed by atoms with Gasteiger partial charge in [-0.2, -0.15) is 13.2 Å². The smallest absolute Gasteiger partial charge is 0.433 e. The zero-order valence-electron chi connectivity index (χ0n) is 27.4. The van der Waals surface area contributed by atoms with Gasteiger partial charge in [-0.25, -0.2) is 14.8 Å². The highest BCUT2D eigenvalue weighted by molar-refractivity contribution is 6.36. The Morgan fingerprint density at radius 1 is 1.08 bits per heavy atom. The number of alkyl halides is 3. The van der Waals surface area contributed by atoms with Crippen molar-refractivity contribution in [1.82, 2.24) is 29.4 Å². The van der Waals surface area contributed by atoms with E-state index < -0.39 is 29.2 Å². The number of aromatic nitrogens is 5. The van der Waals surface area contributed by atoms with Crippen LogP contribution in [0.1, 0.15) is 23.4 Å². The van der Waals surface area contributed by atoms with E-state index in [1.165, 1.54) is 21.2 Å². The van der Waals surface area contributed by atoms with Crippen LogP contribution in [0.2, 0.25) is 5.02 Å². The molecule has 16 heteroatoms. The Bertz CT molecular complexity index is 2220. The molecule has 1 aliphatic heterocycles. The van der Waals surface area contributed by atoms with E-state index in [1.807, 2.05) is 0 Å². The molecular weight excluding hydrogens is 679 g/mol. The molecule has 0 bridgehead atoms. The Morgan fingerprint density at radius 2 is 1.80 bits per heavy atom. The monoisotopic (exact) mass is 711 g/mol. The molecule has 5 aromatic rings. The van der Waals surface area contributed by atoms with Gasteiger partial charge >= 0.3 is 11.9 Å². The Balaban J connectivity index is 1.36. The van der Waals surface area contributed by atoms with Gasteiger partial charge in [0.05, 0.1) is 42.3 Å². The first-order valence-corrected chi connectivity index (χ1v) is 15.9. The summed E-state index contributed by atoms with van der Waals surface area (Å²) in [7, 11) is 4.02. The lowest BCUT2D eigenvalue weighted by Gasteiger charge is -2.28. The summed E-state index contributed by atoms with van der Waals surface area (Å²) in [6.07, 6.45) is -3.25. The van der Waals surface area contributed by atoms with E-state index in [9.17, 15) is 27.9 Å². The highest BCUT2D eigenvalue weighted by Gasteiger charge is 2.34. The van der Waals surface area contributed by atoms with E-state index >= 15 is 0 Å². The quantitative estimate of drug-likeness (QED) is 0.207. The number of pyridine rings is 1. The molecule has 262 valence electrons. The second-order valence-electron chi connectivity index (χ2n) is 11.9. The first-order chi connectivity index (χ1) is 23.8. The van der Waals surface area contributed by atoms with Crippen LogP contribution in [0.3, 0.4) is 0 Å². The average molecular weight is 712 g/mol. The van der Waals surface area contributed by atoms with E-state index in [-0.39, 0.29) is 35.2 Å². The molecule has 2 aromatic carbocycles. The molecular formula is C34H33ClF3N7O5. The zero-order chi connectivity index (χ0) is 35.9. The molecule has 0 spiro atoms. The number of rotatable bonds is 8. The maximum Gasteiger partial charge on any atom is 0.433 e. The molecule has 1 aliphatic rings. The van der Waals surface area contributed by atoms with Crippen molar-refractivity contribution in [3.05, 3.63) is 91.5 Å². The second-order valence-corrected chi connectivity index (χ2v) is 12.2. The number of fused-ring (bicyclic) bond motifs is 1. The predicted octanol–water partition coefficient (Wildman–Crippen LogP) is 4.73. The van der Waals surface area contributed by atoms with Gasteiger partial charge in [0.25, 0.3) is 5.56 Å². The van der Waals surface area contributed by atoms with E-state index in [0.29, 0.717) is 70.0 Å². The first kappa shape index (κ1) is 35.0. The number of halogens is 4. The third-order valence-corrected chi connectivity index (χ3v) is 9.16. The summed E-state index contributed by atoms with van der Waals surface area (Å²) < 4.78 is 54.4. The summed E-state index contributed by atoms with van der Waals surface area (Å²) in [5.74, 6) is -0.0701. The van der Waals surface area contributed by atoms with Gasteiger partial charge in [-0.1, -0.05) is 41.9 Å². The lowest BCUT2D eigenvalue weighted by Crippen LogP contribution is -2.46. The van der Waals surface area contributed by atoms with Crippen molar-refractivity contribution in [2.24, 2.45) is 14.1 Å². The van der Waals surface area contributed by atoms with Crippen molar-refractivity contribution in [1.29, 1.82) is 0 Å². The van der Waals surface area contributed by atoms with Gasteiger partial charge in [0, 0.05) is 50.1 Å². The third kappa shape index (κ3) is 6.56. The fourth-order valence-electron chi connectivity index (χ4n) is 5.95. The number of nitrogens with zero attached hydrogens (tertiary/aromatic N) is 5. The van der Waals surface area contributed by atoms with E-state index in [1.54, 1.807) is 49.5 Å². The number of hydrogen-bond acceptors (Lipinski definition) is 10. The van der Waals surface area contributed by atoms with Crippen LogP contribution in [-0.4, -0.2) is 61.7 Å². The molecule has 0 radical (unpaired) electrons. The Hall–Kier alpha value is -4.83. The molecule has 2 atom stereocenters. The summed E-state index contributed by atoms with van der Waals surface area (Å²) >= 11 is 7.00. The normalized spacial score (nSPS) is 16.5. The molecule has 12 nitrogen and oxygen atoms in total. The minimum Gasteiger partial charge on any atom is -0.480 e. The van der Waals surface area contributed by atoms with Gasteiger partial charge in [-0.05, 0) is 36.6 Å². The molecule has 0 unspecified atom stereocenters. The van der Waals surface area contributed by atoms with Crippen LogP contribution in [-0.2, 0) is 31.6 Å². The summed E-state index contributed by atoms with van der Waals surface area (Å²) in [4.78, 5) is 38.8. The molecule has 4 heterocycles. The molecule has 3 N–H and O–H groups in total. The minimum atomic E-state index is -4.85. The lowest BCUT2D eigenvalue weighted by molar-refractivity contribution is -0.141. The van der Waals surface area contributed by atoms with Crippen molar-refractivity contribution in [3.63, 3.8) is 0 Å². The van der Waals surface area contributed by atoms with Crippen molar-refractivity contribution >= 4 is 34.0 Å². The SMILES string of the molecule is COc1nc(-c2cccc(-c3cccc(Nc4nc(C(F)(F)F)cc5c4c(=O)n(C)c(=O)n5C)c3C)c2Cl)cnc1CN[C@H]1CCOC[C@H]1O. The van der Waals surface area contributed by atoms with E-state index in [2.05, 4.69) is 25.6 Å². The predicted molar refractivity (Wildman–Crippen MR) is 182 cm³/mol. The van der Waals surface area contributed by atoms with Gasteiger partial charge in [0.2, 0.25) is 5.88 Å². The molecule has 1 fully saturated rings. The van der Waals surface area contributed by atoms with Crippen molar-refractivity contribution in [3.8, 4) is 28.3 Å². The Kier molecular flexibility index (Phi) is 9.68. The van der Waals surface area contributed by atoms with E-state index in [0.717, 1.165) is 9.13 Å². The number of aliphatic hydroxyl groups excluding tert-OH is 1. The highest BCUT2D eigenvalue weighted by atomic mass is 35.5. The number of aryl methyl sites for hydroxylation is 1. The van der Waals surface area contributed by atoms with E-state index in [4.69, 9.17) is 21.1 Å². The molecule has 0 saturated carbocycles. The molecule has 0 aliphatic carbocycles. The van der Waals surface area contributed by atoms with Gasteiger partial charge in [-0.3, -0.25) is 18.9 Å². The first-order valence-electron chi connectivity index (χ1n) is 15.5. The number of benzene rings is 2. The third-order valence-electron chi connectivity index (χ3n) is 8.76. The Labute approximate surface area is 288 Å². The number of hydrogen-bond donors (Lipinski definition) is 3. The van der Waals surface area contributed by atoms with Gasteiger partial charge in [-0.15, -0.1) is 0 Å². The van der Waals surface area contributed by atoms with Crippen LogP contribution >= 0.6 is 11.6 Å². The van der Waals surface area contributed by atoms with Gasteiger partial charge in [0.15, 0.2) is 0 Å². The largest absolute Gasteiger partial charge is 0.480 e. The molecule has 50 heavy (non-hydrogen) atoms. The molecule has 0 amide bonds.